The number of rotatable bonds is 1. The molecule has 0 aromatic carbocycles. The third-order valence-corrected chi connectivity index (χ3v) is 1.30. The van der Waals surface area contributed by atoms with Crippen molar-refractivity contribution in [3.8, 4) is 0 Å². The number of halogens is 6. The number of aliphatic hydroxyl groups is 1. The maximum Gasteiger partial charge on any atom is 0.420 e. The first-order valence-electron chi connectivity index (χ1n) is 4.68. The number of hydrogen-bond acceptors (Lipinski definition) is 1. The Bertz CT molecular complexity index is 295. The molecule has 14 heavy (non-hydrogen) atoms. The molecule has 0 rings (SSSR count). The Labute approximate surface area is 80.2 Å². The zero-order chi connectivity index (χ0) is 14.3. The minimum absolute atomic E-state index is 0.0322. The predicted octanol–water partition coefficient (Wildman–Crippen LogP) is 2.81. The Morgan fingerprint density at radius 2 is 1.64 bits per heavy atom. The summed E-state index contributed by atoms with van der Waals surface area (Å²) in [4.78, 5) is 0. The fourth-order valence-electron chi connectivity index (χ4n) is 0.445. The second-order valence-corrected chi connectivity index (χ2v) is 2.70. The molecule has 0 fully saturated rings. The monoisotopic (exact) mass is 225 g/mol. The molecule has 84 valence electrons. The van der Waals surface area contributed by atoms with Gasteiger partial charge in [-0.05, 0) is 19.9 Å². The summed E-state index contributed by atoms with van der Waals surface area (Å²) >= 11 is 0. The molecule has 0 aromatic rings. The third-order valence-electron chi connectivity index (χ3n) is 1.30. The molecule has 0 aliphatic rings. The summed E-state index contributed by atoms with van der Waals surface area (Å²) in [5, 5.41) is 8.80. The number of alkyl halides is 6. The van der Waals surface area contributed by atoms with Crippen LogP contribution >= 0.6 is 0 Å². The van der Waals surface area contributed by atoms with Crippen LogP contribution in [0.2, 0.25) is 0 Å². The number of allylic oxidation sites excluding steroid dienone is 1. The molecule has 0 saturated carbocycles. The van der Waals surface area contributed by atoms with E-state index in [-0.39, 0.29) is 6.92 Å². The van der Waals surface area contributed by atoms with Crippen LogP contribution < -0.4 is 0 Å². The fourth-order valence-corrected chi connectivity index (χ4v) is 0.445. The van der Waals surface area contributed by atoms with Gasteiger partial charge in [-0.3, -0.25) is 0 Å². The largest absolute Gasteiger partial charge is 0.420 e. The zero-order valence-electron chi connectivity index (χ0n) is 9.79. The van der Waals surface area contributed by atoms with Gasteiger partial charge < -0.3 is 5.11 Å². The van der Waals surface area contributed by atoms with E-state index in [1.165, 1.54) is 0 Å². The lowest BCUT2D eigenvalue weighted by molar-refractivity contribution is -0.233. The number of hydrogen-bond donors (Lipinski definition) is 1. The molecule has 0 aliphatic carbocycles. The van der Waals surface area contributed by atoms with Crippen molar-refractivity contribution in [2.24, 2.45) is 0 Å². The van der Waals surface area contributed by atoms with Crippen molar-refractivity contribution in [1.82, 2.24) is 0 Å². The molecular formula is C7H8F6O. The maximum absolute atomic E-state index is 12.2. The summed E-state index contributed by atoms with van der Waals surface area (Å²) < 4.78 is 92.5. The van der Waals surface area contributed by atoms with Gasteiger partial charge >= 0.3 is 12.4 Å². The molecule has 0 saturated heterocycles. The van der Waals surface area contributed by atoms with Gasteiger partial charge in [0.25, 0.3) is 0 Å². The van der Waals surface area contributed by atoms with Gasteiger partial charge in [-0.25, -0.2) is 0 Å². The first-order valence-corrected chi connectivity index (χ1v) is 3.18. The van der Waals surface area contributed by atoms with Crippen LogP contribution in [0.5, 0.6) is 0 Å². The van der Waals surface area contributed by atoms with Crippen LogP contribution in [-0.4, -0.2) is 23.1 Å². The van der Waals surface area contributed by atoms with Crippen molar-refractivity contribution in [2.45, 2.75) is 31.7 Å². The van der Waals surface area contributed by atoms with Gasteiger partial charge in [0.1, 0.15) is 0 Å². The van der Waals surface area contributed by atoms with E-state index in [0.717, 1.165) is 0 Å². The molecule has 7 heteroatoms. The molecule has 1 N–H and O–H groups in total. The average Bonchev–Trinajstić information content (AvgIpc) is 1.93. The van der Waals surface area contributed by atoms with Crippen molar-refractivity contribution >= 4 is 0 Å². The minimum atomic E-state index is -5.49. The van der Waals surface area contributed by atoms with E-state index in [2.05, 4.69) is 0 Å². The predicted molar refractivity (Wildman–Crippen MR) is 36.5 cm³/mol. The van der Waals surface area contributed by atoms with Crippen molar-refractivity contribution in [2.75, 3.05) is 0 Å². The summed E-state index contributed by atoms with van der Waals surface area (Å²) in [6, 6.07) is 0. The summed E-state index contributed by atoms with van der Waals surface area (Å²) in [5.74, 6) is 0. The van der Waals surface area contributed by atoms with Gasteiger partial charge in [0.05, 0.1) is 0 Å². The topological polar surface area (TPSA) is 20.2 Å². The van der Waals surface area contributed by atoms with Crippen molar-refractivity contribution < 1.29 is 35.6 Å². The van der Waals surface area contributed by atoms with E-state index in [4.69, 9.17) is 9.22 Å². The molecule has 0 aromatic heterocycles. The van der Waals surface area contributed by atoms with Crippen molar-refractivity contribution in [3.63, 3.8) is 0 Å². The highest BCUT2D eigenvalue weighted by atomic mass is 19.4. The van der Waals surface area contributed by atoms with Crippen LogP contribution in [0, 0.1) is 0 Å². The van der Waals surface area contributed by atoms with Crippen molar-refractivity contribution in [1.29, 1.82) is 0 Å². The Morgan fingerprint density at radius 1 is 1.21 bits per heavy atom. The third kappa shape index (κ3) is 3.21. The summed E-state index contributed by atoms with van der Waals surface area (Å²) in [7, 11) is 0. The Kier molecular flexibility index (Phi) is 2.11. The normalized spacial score (nSPS) is 23.4. The van der Waals surface area contributed by atoms with E-state index < -0.39 is 36.5 Å². The average molecular weight is 225 g/mol. The first kappa shape index (κ1) is 8.58. The molecule has 0 bridgehead atoms. The highest BCUT2D eigenvalue weighted by molar-refractivity contribution is 5.14. The second-order valence-electron chi connectivity index (χ2n) is 2.70. The molecule has 1 atom stereocenters. The van der Waals surface area contributed by atoms with E-state index in [0.29, 0.717) is 0 Å². The van der Waals surface area contributed by atoms with E-state index in [9.17, 15) is 26.3 Å². The molecule has 0 aliphatic heterocycles. The fraction of sp³-hybridized carbons (Fsp3) is 0.714. The Balaban J connectivity index is 5.67. The molecule has 0 heterocycles. The molecule has 0 spiro atoms. The van der Waals surface area contributed by atoms with Crippen LogP contribution in [0.25, 0.3) is 0 Å². The molecule has 0 amide bonds. The van der Waals surface area contributed by atoms with E-state index in [1.807, 2.05) is 0 Å². The van der Waals surface area contributed by atoms with E-state index >= 15 is 0 Å². The van der Waals surface area contributed by atoms with Gasteiger partial charge in [-0.2, -0.15) is 26.3 Å². The molecule has 1 unspecified atom stereocenters. The summed E-state index contributed by atoms with van der Waals surface area (Å²) in [6.07, 6.45) is -11.6. The maximum atomic E-state index is 12.2. The highest BCUT2D eigenvalue weighted by Crippen LogP contribution is 2.35. The van der Waals surface area contributed by atoms with Gasteiger partial charge in [0.2, 0.25) is 0 Å². The van der Waals surface area contributed by atoms with Gasteiger partial charge in [-0.1, -0.05) is 0 Å². The zero-order valence-corrected chi connectivity index (χ0v) is 6.79. The lowest BCUT2D eigenvalue weighted by Crippen LogP contribution is -2.41. The SMILES string of the molecule is [2H]C([2H])([2H])C(=CC(C)(O)C(F)(F)F)C(F)(F)F. The van der Waals surface area contributed by atoms with Crippen LogP contribution in [-0.2, 0) is 0 Å². The first-order chi connectivity index (χ1) is 7.09. The smallest absolute Gasteiger partial charge is 0.377 e. The minimum Gasteiger partial charge on any atom is -0.377 e. The lowest BCUT2D eigenvalue weighted by atomic mass is 10.0. The van der Waals surface area contributed by atoms with Gasteiger partial charge in [-0.15, -0.1) is 0 Å². The molecular weight excluding hydrogens is 214 g/mol. The van der Waals surface area contributed by atoms with Crippen LogP contribution in [0.3, 0.4) is 0 Å². The van der Waals surface area contributed by atoms with Gasteiger partial charge in [0, 0.05) is 9.69 Å². The lowest BCUT2D eigenvalue weighted by Gasteiger charge is -2.23. The quantitative estimate of drug-likeness (QED) is 0.537. The standard InChI is InChI=1S/C7H8F6O/c1-4(6(8,9)10)3-5(2,14)7(11,12)13/h3,14H,1-2H3/i1D3. The highest BCUT2D eigenvalue weighted by Gasteiger charge is 2.49. The summed E-state index contributed by atoms with van der Waals surface area (Å²) in [5.41, 5.74) is -6.28. The van der Waals surface area contributed by atoms with Crippen LogP contribution in [0.1, 0.15) is 17.9 Å². The van der Waals surface area contributed by atoms with Crippen LogP contribution in [0.4, 0.5) is 26.3 Å². The molecule has 1 nitrogen and oxygen atoms in total. The second kappa shape index (κ2) is 3.45. The summed E-state index contributed by atoms with van der Waals surface area (Å²) in [6.45, 7) is -3.77. The van der Waals surface area contributed by atoms with Gasteiger partial charge in [0.15, 0.2) is 5.60 Å². The Hall–Kier alpha value is -0.720. The van der Waals surface area contributed by atoms with Crippen molar-refractivity contribution in [3.05, 3.63) is 11.6 Å². The molecule has 0 radical (unpaired) electrons. The van der Waals surface area contributed by atoms with E-state index in [1.54, 1.807) is 0 Å². The van der Waals surface area contributed by atoms with Crippen LogP contribution in [0.15, 0.2) is 11.6 Å². The Morgan fingerprint density at radius 3 is 1.86 bits per heavy atom.